The summed E-state index contributed by atoms with van der Waals surface area (Å²) in [6.45, 7) is 1.89. The van der Waals surface area contributed by atoms with Crippen LogP contribution in [0, 0.1) is 0 Å². The van der Waals surface area contributed by atoms with Gasteiger partial charge in [0.2, 0.25) is 0 Å². The van der Waals surface area contributed by atoms with E-state index in [2.05, 4.69) is 18.2 Å². The Morgan fingerprint density at radius 3 is 2.48 bits per heavy atom. The van der Waals surface area contributed by atoms with Gasteiger partial charge in [0, 0.05) is 11.4 Å². The second-order valence-corrected chi connectivity index (χ2v) is 6.77. The quantitative estimate of drug-likeness (QED) is 0.837. The topological polar surface area (TPSA) is 20.2 Å². The van der Waals surface area contributed by atoms with Crippen molar-refractivity contribution in [3.8, 4) is 0 Å². The molecule has 1 nitrogen and oxygen atoms in total. The third kappa shape index (κ3) is 3.30. The molecule has 1 aliphatic rings. The Morgan fingerprint density at radius 1 is 1.14 bits per heavy atom. The molecular weight excluding hydrogens is 280 g/mol. The monoisotopic (exact) mass is 300 g/mol. The van der Waals surface area contributed by atoms with Gasteiger partial charge in [0.1, 0.15) is 0 Å². The molecule has 2 aromatic rings. The molecule has 1 atom stereocenters. The lowest BCUT2D eigenvalue weighted by molar-refractivity contribution is 0.0575. The van der Waals surface area contributed by atoms with E-state index in [4.69, 9.17) is 11.6 Å². The van der Waals surface area contributed by atoms with Crippen LogP contribution >= 0.6 is 11.6 Å². The van der Waals surface area contributed by atoms with Crippen molar-refractivity contribution in [2.75, 3.05) is 0 Å². The van der Waals surface area contributed by atoms with Gasteiger partial charge >= 0.3 is 0 Å². The van der Waals surface area contributed by atoms with Crippen LogP contribution in [0.15, 0.2) is 48.5 Å². The largest absolute Gasteiger partial charge is 0.385 e. The summed E-state index contributed by atoms with van der Waals surface area (Å²) in [6, 6.07) is 16.2. The Kier molecular flexibility index (Phi) is 4.05. The molecule has 0 heterocycles. The molecule has 0 aliphatic heterocycles. The summed E-state index contributed by atoms with van der Waals surface area (Å²) >= 11 is 5.92. The third-order valence-electron chi connectivity index (χ3n) is 4.55. The predicted octanol–water partition coefficient (Wildman–Crippen LogP) is 5.06. The number of hydrogen-bond donors (Lipinski definition) is 1. The zero-order valence-electron chi connectivity index (χ0n) is 12.3. The highest BCUT2D eigenvalue weighted by atomic mass is 35.5. The molecule has 0 radical (unpaired) electrons. The lowest BCUT2D eigenvalue weighted by Crippen LogP contribution is -2.24. The minimum Gasteiger partial charge on any atom is -0.385 e. The molecule has 0 aromatic heterocycles. The van der Waals surface area contributed by atoms with Crippen molar-refractivity contribution >= 4 is 11.6 Å². The molecule has 1 saturated carbocycles. The zero-order valence-corrected chi connectivity index (χ0v) is 13.1. The maximum atomic E-state index is 10.9. The fraction of sp³-hybridized carbons (Fsp3) is 0.368. The first-order valence-corrected chi connectivity index (χ1v) is 8.00. The van der Waals surface area contributed by atoms with Crippen molar-refractivity contribution in [3.05, 3.63) is 70.2 Å². The normalized spacial score (nSPS) is 18.0. The first-order chi connectivity index (χ1) is 10.0. The predicted molar refractivity (Wildman–Crippen MR) is 87.8 cm³/mol. The van der Waals surface area contributed by atoms with Crippen LogP contribution in [0.1, 0.15) is 48.8 Å². The summed E-state index contributed by atoms with van der Waals surface area (Å²) in [6.07, 6.45) is 4.49. The molecule has 1 unspecified atom stereocenters. The fourth-order valence-electron chi connectivity index (χ4n) is 2.97. The van der Waals surface area contributed by atoms with Crippen LogP contribution in [0.25, 0.3) is 0 Å². The maximum absolute atomic E-state index is 10.9. The van der Waals surface area contributed by atoms with Crippen molar-refractivity contribution in [2.24, 2.45) is 0 Å². The third-order valence-corrected chi connectivity index (χ3v) is 4.80. The Bertz CT molecular complexity index is 612. The van der Waals surface area contributed by atoms with Crippen molar-refractivity contribution < 1.29 is 5.11 Å². The summed E-state index contributed by atoms with van der Waals surface area (Å²) in [4.78, 5) is 0. The van der Waals surface area contributed by atoms with Crippen molar-refractivity contribution in [3.63, 3.8) is 0 Å². The molecule has 3 rings (SSSR count). The maximum Gasteiger partial charge on any atom is 0.0908 e. The van der Waals surface area contributed by atoms with Gasteiger partial charge in [-0.2, -0.15) is 0 Å². The first kappa shape index (κ1) is 14.6. The highest BCUT2D eigenvalue weighted by Gasteiger charge is 2.26. The van der Waals surface area contributed by atoms with Gasteiger partial charge in [0.05, 0.1) is 5.60 Å². The lowest BCUT2D eigenvalue weighted by Gasteiger charge is -2.29. The standard InChI is InChI=1S/C19H21ClO/c1-19(21,13-14-8-10-18(20)11-9-14)17-7-3-6-16(12-17)15-4-2-5-15/h3,6-12,15,21H,2,4-5,13H2,1H3. The van der Waals surface area contributed by atoms with Gasteiger partial charge in [-0.25, -0.2) is 0 Å². The van der Waals surface area contributed by atoms with Gasteiger partial charge in [0.15, 0.2) is 0 Å². The average molecular weight is 301 g/mol. The van der Waals surface area contributed by atoms with Gasteiger partial charge in [-0.3, -0.25) is 0 Å². The highest BCUT2D eigenvalue weighted by Crippen LogP contribution is 2.38. The SMILES string of the molecule is CC(O)(Cc1ccc(Cl)cc1)c1cccc(C2CCC2)c1. The van der Waals surface area contributed by atoms with E-state index in [1.54, 1.807) is 0 Å². The van der Waals surface area contributed by atoms with Gasteiger partial charge in [0.25, 0.3) is 0 Å². The van der Waals surface area contributed by atoms with Gasteiger partial charge < -0.3 is 5.11 Å². The van der Waals surface area contributed by atoms with E-state index in [0.717, 1.165) is 16.1 Å². The first-order valence-electron chi connectivity index (χ1n) is 7.62. The summed E-state index contributed by atoms with van der Waals surface area (Å²) in [5, 5.41) is 11.6. The van der Waals surface area contributed by atoms with E-state index in [1.807, 2.05) is 37.3 Å². The van der Waals surface area contributed by atoms with Gasteiger partial charge in [-0.05, 0) is 54.5 Å². The molecule has 0 spiro atoms. The van der Waals surface area contributed by atoms with Crippen LogP contribution in [-0.4, -0.2) is 5.11 Å². The Balaban J connectivity index is 1.81. The molecule has 2 heteroatoms. The molecule has 0 bridgehead atoms. The summed E-state index contributed by atoms with van der Waals surface area (Å²) < 4.78 is 0. The van der Waals surface area contributed by atoms with Crippen LogP contribution in [0.5, 0.6) is 0 Å². The second-order valence-electron chi connectivity index (χ2n) is 6.33. The van der Waals surface area contributed by atoms with E-state index in [-0.39, 0.29) is 0 Å². The molecule has 0 saturated heterocycles. The zero-order chi connectivity index (χ0) is 14.9. The molecule has 110 valence electrons. The van der Waals surface area contributed by atoms with Gasteiger partial charge in [-0.1, -0.05) is 54.4 Å². The molecule has 1 aliphatic carbocycles. The van der Waals surface area contributed by atoms with Crippen molar-refractivity contribution in [1.82, 2.24) is 0 Å². The van der Waals surface area contributed by atoms with E-state index in [1.165, 1.54) is 24.8 Å². The molecule has 0 amide bonds. The smallest absolute Gasteiger partial charge is 0.0908 e. The van der Waals surface area contributed by atoms with Crippen LogP contribution in [0.3, 0.4) is 0 Å². The molecule has 2 aromatic carbocycles. The summed E-state index contributed by atoms with van der Waals surface area (Å²) in [7, 11) is 0. The number of rotatable bonds is 4. The van der Waals surface area contributed by atoms with E-state index in [0.29, 0.717) is 12.3 Å². The average Bonchev–Trinajstić information content (AvgIpc) is 2.40. The molecule has 1 fully saturated rings. The van der Waals surface area contributed by atoms with E-state index >= 15 is 0 Å². The fourth-order valence-corrected chi connectivity index (χ4v) is 3.10. The summed E-state index contributed by atoms with van der Waals surface area (Å²) in [5.74, 6) is 0.691. The lowest BCUT2D eigenvalue weighted by atomic mass is 9.78. The Labute approximate surface area is 131 Å². The second kappa shape index (κ2) is 5.82. The van der Waals surface area contributed by atoms with Crippen LogP contribution in [0.4, 0.5) is 0 Å². The van der Waals surface area contributed by atoms with E-state index < -0.39 is 5.60 Å². The number of halogens is 1. The number of hydrogen-bond acceptors (Lipinski definition) is 1. The molecular formula is C19H21ClO. The van der Waals surface area contributed by atoms with Crippen LogP contribution in [-0.2, 0) is 12.0 Å². The van der Waals surface area contributed by atoms with Crippen LogP contribution in [0.2, 0.25) is 5.02 Å². The number of benzene rings is 2. The molecule has 21 heavy (non-hydrogen) atoms. The van der Waals surface area contributed by atoms with Crippen molar-refractivity contribution in [1.29, 1.82) is 0 Å². The minimum atomic E-state index is -0.854. The minimum absolute atomic E-state index is 0.596. The molecule has 1 N–H and O–H groups in total. The Morgan fingerprint density at radius 2 is 1.86 bits per heavy atom. The van der Waals surface area contributed by atoms with Crippen molar-refractivity contribution in [2.45, 2.75) is 44.1 Å². The Hall–Kier alpha value is -1.31. The van der Waals surface area contributed by atoms with Gasteiger partial charge in [-0.15, -0.1) is 0 Å². The van der Waals surface area contributed by atoms with Crippen LogP contribution < -0.4 is 0 Å². The summed E-state index contributed by atoms with van der Waals surface area (Å²) in [5.41, 5.74) is 2.61. The number of aliphatic hydroxyl groups is 1. The highest BCUT2D eigenvalue weighted by molar-refractivity contribution is 6.30. The van der Waals surface area contributed by atoms with E-state index in [9.17, 15) is 5.11 Å².